The second-order valence-electron chi connectivity index (χ2n) is 6.18. The third-order valence-corrected chi connectivity index (χ3v) is 4.56. The number of hydrogen-bond acceptors (Lipinski definition) is 1. The van der Waals surface area contributed by atoms with Crippen molar-refractivity contribution in [3.05, 3.63) is 71.9 Å². The van der Waals surface area contributed by atoms with E-state index in [1.54, 1.807) is 0 Å². The lowest BCUT2D eigenvalue weighted by atomic mass is 9.96. The highest BCUT2D eigenvalue weighted by molar-refractivity contribution is 6.10. The van der Waals surface area contributed by atoms with Crippen LogP contribution >= 0.6 is 0 Å². The monoisotopic (exact) mass is 299 g/mol. The number of rotatable bonds is 1. The van der Waals surface area contributed by atoms with Crippen LogP contribution in [0.4, 0.5) is 0 Å². The number of benzene rings is 3. The summed E-state index contributed by atoms with van der Waals surface area (Å²) in [7, 11) is 2.02. The van der Waals surface area contributed by atoms with Gasteiger partial charge in [-0.25, -0.2) is 0 Å². The van der Waals surface area contributed by atoms with Gasteiger partial charge < -0.3 is 0 Å². The lowest BCUT2D eigenvalue weighted by Crippen LogP contribution is -2.35. The molecule has 0 amide bonds. The summed E-state index contributed by atoms with van der Waals surface area (Å²) in [6.45, 7) is 4.30. The molecule has 0 saturated carbocycles. The second-order valence-corrected chi connectivity index (χ2v) is 6.18. The SMILES string of the molecule is Cc1ccc(C)c(-c2c3ccc4ccccc4c3cn[n+]2C)c1. The van der Waals surface area contributed by atoms with E-state index in [0.29, 0.717) is 0 Å². The number of fused-ring (bicyclic) bond motifs is 3. The topological polar surface area (TPSA) is 16.8 Å². The molecule has 2 heteroatoms. The maximum Gasteiger partial charge on any atom is 0.246 e. The van der Waals surface area contributed by atoms with Crippen molar-refractivity contribution in [2.75, 3.05) is 0 Å². The Balaban J connectivity index is 2.16. The Bertz CT molecular complexity index is 1050. The van der Waals surface area contributed by atoms with Crippen LogP contribution in [0.3, 0.4) is 0 Å². The third kappa shape index (κ3) is 2.18. The van der Waals surface area contributed by atoms with Gasteiger partial charge in [0.25, 0.3) is 0 Å². The zero-order valence-corrected chi connectivity index (χ0v) is 13.7. The molecule has 0 radical (unpaired) electrons. The van der Waals surface area contributed by atoms with Crippen LogP contribution in [0.5, 0.6) is 0 Å². The fourth-order valence-electron chi connectivity index (χ4n) is 3.33. The smallest absolute Gasteiger partial charge is 0.0858 e. The van der Waals surface area contributed by atoms with Crippen LogP contribution in [0.15, 0.2) is 60.8 Å². The molecule has 2 nitrogen and oxygen atoms in total. The van der Waals surface area contributed by atoms with Gasteiger partial charge in [0.05, 0.1) is 10.9 Å². The summed E-state index contributed by atoms with van der Waals surface area (Å²) in [6, 6.07) is 19.5. The Morgan fingerprint density at radius 3 is 2.52 bits per heavy atom. The second kappa shape index (κ2) is 5.17. The van der Waals surface area contributed by atoms with Crippen LogP contribution in [-0.2, 0) is 7.05 Å². The highest BCUT2D eigenvalue weighted by atomic mass is 15.2. The van der Waals surface area contributed by atoms with Gasteiger partial charge in [0.1, 0.15) is 6.20 Å². The van der Waals surface area contributed by atoms with Crippen LogP contribution in [0.1, 0.15) is 11.1 Å². The van der Waals surface area contributed by atoms with E-state index < -0.39 is 0 Å². The summed E-state index contributed by atoms with van der Waals surface area (Å²) in [4.78, 5) is 0. The number of aryl methyl sites for hydroxylation is 3. The average molecular weight is 299 g/mol. The molecular formula is C21H19N2+. The van der Waals surface area contributed by atoms with Crippen molar-refractivity contribution in [1.82, 2.24) is 5.10 Å². The van der Waals surface area contributed by atoms with E-state index in [0.717, 1.165) is 0 Å². The van der Waals surface area contributed by atoms with E-state index >= 15 is 0 Å². The molecule has 0 atom stereocenters. The Hall–Kier alpha value is -2.74. The molecule has 1 heterocycles. The summed E-state index contributed by atoms with van der Waals surface area (Å²) in [5.41, 5.74) is 4.97. The fraction of sp³-hybridized carbons (Fsp3) is 0.143. The van der Waals surface area contributed by atoms with Crippen molar-refractivity contribution in [3.63, 3.8) is 0 Å². The summed E-state index contributed by atoms with van der Waals surface area (Å²) in [5.74, 6) is 0. The van der Waals surface area contributed by atoms with Gasteiger partial charge in [-0.2, -0.15) is 0 Å². The van der Waals surface area contributed by atoms with Crippen molar-refractivity contribution in [2.45, 2.75) is 13.8 Å². The standard InChI is InChI=1S/C21H19N2/c1-14-8-9-15(2)19(12-14)21-18-11-10-16-6-4-5-7-17(16)20(18)13-22-23(21)3/h4-13H,1-3H3/q+1. The predicted octanol–water partition coefficient (Wildman–Crippen LogP) is 4.50. The van der Waals surface area contributed by atoms with E-state index in [1.165, 1.54) is 43.9 Å². The van der Waals surface area contributed by atoms with Crippen molar-refractivity contribution < 1.29 is 4.68 Å². The van der Waals surface area contributed by atoms with Crippen molar-refractivity contribution >= 4 is 21.5 Å². The summed E-state index contributed by atoms with van der Waals surface area (Å²) in [5, 5.41) is 9.58. The highest BCUT2D eigenvalue weighted by Crippen LogP contribution is 2.31. The molecule has 3 aromatic carbocycles. The van der Waals surface area contributed by atoms with Crippen molar-refractivity contribution in [3.8, 4) is 11.3 Å². The van der Waals surface area contributed by atoms with E-state index in [-0.39, 0.29) is 0 Å². The average Bonchev–Trinajstić information content (AvgIpc) is 2.57. The Morgan fingerprint density at radius 2 is 1.65 bits per heavy atom. The molecular weight excluding hydrogens is 280 g/mol. The van der Waals surface area contributed by atoms with Crippen LogP contribution in [0.2, 0.25) is 0 Å². The molecule has 0 spiro atoms. The predicted molar refractivity (Wildman–Crippen MR) is 95.3 cm³/mol. The summed E-state index contributed by atoms with van der Waals surface area (Å²) in [6.07, 6.45) is 1.98. The number of hydrogen-bond donors (Lipinski definition) is 0. The van der Waals surface area contributed by atoms with Gasteiger partial charge in [-0.15, -0.1) is 0 Å². The molecule has 0 unspecified atom stereocenters. The molecule has 0 N–H and O–H groups in total. The molecule has 0 fully saturated rings. The van der Waals surface area contributed by atoms with Gasteiger partial charge in [0.15, 0.2) is 7.05 Å². The van der Waals surface area contributed by atoms with Gasteiger partial charge in [-0.3, -0.25) is 0 Å². The summed E-state index contributed by atoms with van der Waals surface area (Å²) >= 11 is 0. The molecule has 0 saturated heterocycles. The molecule has 4 rings (SSSR count). The largest absolute Gasteiger partial charge is 0.246 e. The lowest BCUT2D eigenvalue weighted by molar-refractivity contribution is -0.719. The third-order valence-electron chi connectivity index (χ3n) is 4.56. The minimum Gasteiger partial charge on any atom is -0.0858 e. The Labute approximate surface area is 136 Å². The van der Waals surface area contributed by atoms with Crippen LogP contribution in [0, 0.1) is 13.8 Å². The van der Waals surface area contributed by atoms with E-state index in [9.17, 15) is 0 Å². The molecule has 4 aromatic rings. The minimum atomic E-state index is 1.18. The van der Waals surface area contributed by atoms with Gasteiger partial charge in [-0.05, 0) is 47.4 Å². The molecule has 23 heavy (non-hydrogen) atoms. The maximum atomic E-state index is 4.62. The van der Waals surface area contributed by atoms with Gasteiger partial charge in [0, 0.05) is 5.39 Å². The minimum absolute atomic E-state index is 1.18. The van der Waals surface area contributed by atoms with Gasteiger partial charge >= 0.3 is 0 Å². The van der Waals surface area contributed by atoms with Gasteiger partial charge in [0.2, 0.25) is 5.69 Å². The first-order valence-electron chi connectivity index (χ1n) is 7.89. The first kappa shape index (κ1) is 13.9. The molecule has 0 aliphatic carbocycles. The first-order chi connectivity index (χ1) is 11.1. The van der Waals surface area contributed by atoms with Crippen LogP contribution in [0.25, 0.3) is 32.8 Å². The zero-order valence-electron chi connectivity index (χ0n) is 13.7. The Morgan fingerprint density at radius 1 is 0.826 bits per heavy atom. The van der Waals surface area contributed by atoms with Crippen LogP contribution < -0.4 is 4.68 Å². The molecule has 0 aliphatic rings. The van der Waals surface area contributed by atoms with E-state index in [4.69, 9.17) is 0 Å². The lowest BCUT2D eigenvalue weighted by Gasteiger charge is -2.09. The fourth-order valence-corrected chi connectivity index (χ4v) is 3.33. The number of nitrogens with zero attached hydrogens (tertiary/aromatic N) is 2. The first-order valence-corrected chi connectivity index (χ1v) is 7.89. The van der Waals surface area contributed by atoms with Gasteiger partial charge in [-0.1, -0.05) is 52.7 Å². The summed E-state index contributed by atoms with van der Waals surface area (Å²) < 4.78 is 1.98. The molecule has 0 aliphatic heterocycles. The molecule has 0 bridgehead atoms. The van der Waals surface area contributed by atoms with Crippen LogP contribution in [-0.4, -0.2) is 5.10 Å². The molecule has 1 aromatic heterocycles. The normalized spacial score (nSPS) is 11.3. The van der Waals surface area contributed by atoms with E-state index in [1.807, 2.05) is 17.9 Å². The van der Waals surface area contributed by atoms with E-state index in [2.05, 4.69) is 73.5 Å². The number of aromatic nitrogens is 2. The quantitative estimate of drug-likeness (QED) is 0.373. The molecule has 112 valence electrons. The highest BCUT2D eigenvalue weighted by Gasteiger charge is 2.19. The maximum absolute atomic E-state index is 4.62. The zero-order chi connectivity index (χ0) is 16.0. The van der Waals surface area contributed by atoms with Crippen molar-refractivity contribution in [2.24, 2.45) is 7.05 Å². The Kier molecular flexibility index (Phi) is 3.12. The van der Waals surface area contributed by atoms with Crippen molar-refractivity contribution in [1.29, 1.82) is 0 Å².